The standard InChI is InChI=1S/C14H24N2O5/c1-4-21-13(19)9-16(11-5-6-11)14(20)15(7-10(2)3)8-12(17)18/h10-11H,4-9H2,1-3H3,(H,17,18). The van der Waals surface area contributed by atoms with Crippen LogP contribution in [0.2, 0.25) is 0 Å². The first-order chi connectivity index (χ1) is 9.85. The molecule has 0 radical (unpaired) electrons. The number of esters is 1. The number of rotatable bonds is 8. The van der Waals surface area contributed by atoms with Crippen LogP contribution in [0.15, 0.2) is 0 Å². The molecule has 0 aromatic heterocycles. The van der Waals surface area contributed by atoms with Gasteiger partial charge in [-0.05, 0) is 25.7 Å². The van der Waals surface area contributed by atoms with Gasteiger partial charge in [0.05, 0.1) is 6.61 Å². The number of carbonyl (C=O) groups is 3. The van der Waals surface area contributed by atoms with Crippen molar-refractivity contribution in [1.82, 2.24) is 9.80 Å². The number of hydrogen-bond donors (Lipinski definition) is 1. The maximum absolute atomic E-state index is 12.5. The molecule has 7 heteroatoms. The van der Waals surface area contributed by atoms with Gasteiger partial charge in [-0.25, -0.2) is 4.79 Å². The second-order valence-electron chi connectivity index (χ2n) is 5.61. The summed E-state index contributed by atoms with van der Waals surface area (Å²) in [7, 11) is 0. The molecule has 0 aromatic carbocycles. The Morgan fingerprint density at radius 3 is 2.29 bits per heavy atom. The van der Waals surface area contributed by atoms with E-state index in [1.807, 2.05) is 13.8 Å². The minimum Gasteiger partial charge on any atom is -0.480 e. The van der Waals surface area contributed by atoms with Crippen molar-refractivity contribution < 1.29 is 24.2 Å². The van der Waals surface area contributed by atoms with E-state index < -0.39 is 18.0 Å². The second-order valence-corrected chi connectivity index (χ2v) is 5.61. The fourth-order valence-electron chi connectivity index (χ4n) is 2.08. The fraction of sp³-hybridized carbons (Fsp3) is 0.786. The summed E-state index contributed by atoms with van der Waals surface area (Å²) in [6.45, 7) is 5.66. The molecule has 0 heterocycles. The number of ether oxygens (including phenoxy) is 1. The number of urea groups is 1. The number of aliphatic carboxylic acids is 1. The number of carboxylic acids is 1. The van der Waals surface area contributed by atoms with Gasteiger partial charge in [-0.2, -0.15) is 0 Å². The third-order valence-corrected chi connectivity index (χ3v) is 3.02. The van der Waals surface area contributed by atoms with Gasteiger partial charge in [0.1, 0.15) is 13.1 Å². The van der Waals surface area contributed by atoms with Crippen molar-refractivity contribution >= 4 is 18.0 Å². The van der Waals surface area contributed by atoms with Crippen molar-refractivity contribution in [3.05, 3.63) is 0 Å². The van der Waals surface area contributed by atoms with E-state index in [9.17, 15) is 14.4 Å². The van der Waals surface area contributed by atoms with Crippen LogP contribution in [0.3, 0.4) is 0 Å². The molecule has 1 rings (SSSR count). The SMILES string of the molecule is CCOC(=O)CN(C(=O)N(CC(=O)O)CC(C)C)C1CC1. The van der Waals surface area contributed by atoms with Crippen LogP contribution in [-0.4, -0.2) is 65.2 Å². The lowest BCUT2D eigenvalue weighted by atomic mass is 10.2. The van der Waals surface area contributed by atoms with Crippen LogP contribution in [0.1, 0.15) is 33.6 Å². The summed E-state index contributed by atoms with van der Waals surface area (Å²) in [4.78, 5) is 37.8. The highest BCUT2D eigenvalue weighted by Crippen LogP contribution is 2.27. The Kier molecular flexibility index (Phi) is 6.45. The molecule has 1 aliphatic carbocycles. The molecule has 120 valence electrons. The van der Waals surface area contributed by atoms with Gasteiger partial charge in [-0.3, -0.25) is 9.59 Å². The van der Waals surface area contributed by atoms with Gasteiger partial charge >= 0.3 is 18.0 Å². The van der Waals surface area contributed by atoms with Crippen LogP contribution >= 0.6 is 0 Å². The lowest BCUT2D eigenvalue weighted by Gasteiger charge is -2.30. The number of carbonyl (C=O) groups excluding carboxylic acids is 2. The average molecular weight is 300 g/mol. The summed E-state index contributed by atoms with van der Waals surface area (Å²) in [6.07, 6.45) is 1.68. The first kappa shape index (κ1) is 17.3. The first-order valence-corrected chi connectivity index (χ1v) is 7.28. The van der Waals surface area contributed by atoms with Crippen molar-refractivity contribution in [1.29, 1.82) is 0 Å². The van der Waals surface area contributed by atoms with Gasteiger partial charge in [0.2, 0.25) is 0 Å². The molecular formula is C14H24N2O5. The summed E-state index contributed by atoms with van der Waals surface area (Å²) >= 11 is 0. The Labute approximate surface area is 124 Å². The Hall–Kier alpha value is -1.79. The van der Waals surface area contributed by atoms with Crippen LogP contribution in [-0.2, 0) is 14.3 Å². The zero-order valence-electron chi connectivity index (χ0n) is 12.9. The molecule has 1 fully saturated rings. The molecule has 0 aromatic rings. The van der Waals surface area contributed by atoms with Gasteiger partial charge in [0.15, 0.2) is 0 Å². The summed E-state index contributed by atoms with van der Waals surface area (Å²) in [5, 5.41) is 8.94. The second kappa shape index (κ2) is 7.85. The molecule has 1 N–H and O–H groups in total. The number of hydrogen-bond acceptors (Lipinski definition) is 4. The molecule has 0 aliphatic heterocycles. The van der Waals surface area contributed by atoms with E-state index in [-0.39, 0.29) is 31.7 Å². The van der Waals surface area contributed by atoms with Gasteiger partial charge in [-0.15, -0.1) is 0 Å². The minimum absolute atomic E-state index is 0.0189. The maximum Gasteiger partial charge on any atom is 0.325 e. The lowest BCUT2D eigenvalue weighted by Crippen LogP contribution is -2.49. The topological polar surface area (TPSA) is 87.2 Å². The molecule has 0 unspecified atom stereocenters. The Bertz CT molecular complexity index is 393. The predicted molar refractivity (Wildman–Crippen MR) is 75.8 cm³/mol. The van der Waals surface area contributed by atoms with Crippen molar-refractivity contribution in [2.45, 2.75) is 39.7 Å². The van der Waals surface area contributed by atoms with Crippen molar-refractivity contribution in [3.63, 3.8) is 0 Å². The highest BCUT2D eigenvalue weighted by atomic mass is 16.5. The molecule has 0 saturated heterocycles. The van der Waals surface area contributed by atoms with Gasteiger partial charge < -0.3 is 19.6 Å². The number of amides is 2. The smallest absolute Gasteiger partial charge is 0.325 e. The van der Waals surface area contributed by atoms with E-state index in [0.717, 1.165) is 12.8 Å². The van der Waals surface area contributed by atoms with Crippen molar-refractivity contribution in [2.75, 3.05) is 26.2 Å². The molecule has 0 atom stereocenters. The number of carboxylic acid groups (broad SMARTS) is 1. The number of nitrogens with zero attached hydrogens (tertiary/aromatic N) is 2. The van der Waals surface area contributed by atoms with Crippen LogP contribution in [0.5, 0.6) is 0 Å². The molecule has 7 nitrogen and oxygen atoms in total. The zero-order valence-corrected chi connectivity index (χ0v) is 12.9. The van der Waals surface area contributed by atoms with E-state index in [4.69, 9.17) is 9.84 Å². The van der Waals surface area contributed by atoms with Crippen molar-refractivity contribution in [2.24, 2.45) is 5.92 Å². The van der Waals surface area contributed by atoms with Gasteiger partial charge in [0, 0.05) is 12.6 Å². The molecule has 0 spiro atoms. The van der Waals surface area contributed by atoms with E-state index in [2.05, 4.69) is 0 Å². The van der Waals surface area contributed by atoms with E-state index in [0.29, 0.717) is 6.54 Å². The fourth-order valence-corrected chi connectivity index (χ4v) is 2.08. The summed E-state index contributed by atoms with van der Waals surface area (Å²) in [5.74, 6) is -1.37. The van der Waals surface area contributed by atoms with Gasteiger partial charge in [0.25, 0.3) is 0 Å². The molecule has 0 bridgehead atoms. The third-order valence-electron chi connectivity index (χ3n) is 3.02. The monoisotopic (exact) mass is 300 g/mol. The molecule has 21 heavy (non-hydrogen) atoms. The summed E-state index contributed by atoms with van der Waals surface area (Å²) in [6, 6.07) is -0.382. The van der Waals surface area contributed by atoms with Crippen LogP contribution in [0.25, 0.3) is 0 Å². The minimum atomic E-state index is -1.06. The van der Waals surface area contributed by atoms with Crippen LogP contribution < -0.4 is 0 Å². The Morgan fingerprint density at radius 2 is 1.86 bits per heavy atom. The quantitative estimate of drug-likeness (QED) is 0.680. The Balaban J connectivity index is 2.75. The first-order valence-electron chi connectivity index (χ1n) is 7.28. The third kappa shape index (κ3) is 6.01. The lowest BCUT2D eigenvalue weighted by molar-refractivity contribution is -0.144. The maximum atomic E-state index is 12.5. The van der Waals surface area contributed by atoms with E-state index in [1.165, 1.54) is 9.80 Å². The zero-order chi connectivity index (χ0) is 16.0. The highest BCUT2D eigenvalue weighted by molar-refractivity contribution is 5.84. The van der Waals surface area contributed by atoms with Gasteiger partial charge in [-0.1, -0.05) is 13.8 Å². The normalized spacial score (nSPS) is 13.9. The highest BCUT2D eigenvalue weighted by Gasteiger charge is 2.37. The molecular weight excluding hydrogens is 276 g/mol. The molecule has 2 amide bonds. The molecule has 1 saturated carbocycles. The Morgan fingerprint density at radius 1 is 1.24 bits per heavy atom. The van der Waals surface area contributed by atoms with Crippen LogP contribution in [0, 0.1) is 5.92 Å². The largest absolute Gasteiger partial charge is 0.480 e. The van der Waals surface area contributed by atoms with E-state index >= 15 is 0 Å². The summed E-state index contributed by atoms with van der Waals surface area (Å²) in [5.41, 5.74) is 0. The van der Waals surface area contributed by atoms with Crippen LogP contribution in [0.4, 0.5) is 4.79 Å². The average Bonchev–Trinajstić information content (AvgIpc) is 3.17. The van der Waals surface area contributed by atoms with Crippen molar-refractivity contribution in [3.8, 4) is 0 Å². The van der Waals surface area contributed by atoms with E-state index in [1.54, 1.807) is 6.92 Å². The summed E-state index contributed by atoms with van der Waals surface area (Å²) < 4.78 is 4.87. The predicted octanol–water partition coefficient (Wildman–Crippen LogP) is 1.18. The molecule has 1 aliphatic rings.